The van der Waals surface area contributed by atoms with E-state index in [1.54, 1.807) is 0 Å². The molecule has 2 heterocycles. The van der Waals surface area contributed by atoms with Crippen LogP contribution in [0.15, 0.2) is 53.0 Å². The molecule has 1 saturated heterocycles. The van der Waals surface area contributed by atoms with Gasteiger partial charge in [0.2, 0.25) is 0 Å². The van der Waals surface area contributed by atoms with Gasteiger partial charge in [0.25, 0.3) is 5.91 Å². The third kappa shape index (κ3) is 3.93. The summed E-state index contributed by atoms with van der Waals surface area (Å²) >= 11 is 3.52. The van der Waals surface area contributed by atoms with Gasteiger partial charge in [-0.05, 0) is 69.4 Å². The summed E-state index contributed by atoms with van der Waals surface area (Å²) < 4.78 is 0.975. The second-order valence-electron chi connectivity index (χ2n) is 7.57. The Bertz CT molecular complexity index is 972. The number of carbonyl (C=O) groups excluding carboxylic acids is 1. The number of nitrogens with zero attached hydrogens (tertiary/aromatic N) is 2. The minimum atomic E-state index is -0.136. The third-order valence-corrected chi connectivity index (χ3v) is 6.23. The van der Waals surface area contributed by atoms with Gasteiger partial charge in [-0.3, -0.25) is 4.79 Å². The van der Waals surface area contributed by atoms with E-state index in [1.165, 1.54) is 18.5 Å². The summed E-state index contributed by atoms with van der Waals surface area (Å²) in [6.07, 6.45) is 2.36. The van der Waals surface area contributed by atoms with Crippen molar-refractivity contribution >= 4 is 44.1 Å². The summed E-state index contributed by atoms with van der Waals surface area (Å²) in [5.74, 6) is -0.136. The molecule has 0 saturated carbocycles. The third-order valence-electron chi connectivity index (χ3n) is 5.54. The van der Waals surface area contributed by atoms with Crippen LogP contribution in [-0.2, 0) is 0 Å². The standard InChI is InChI=1S/C22H25BrN4O/c1-26(2)16-10-12-27(13-11-16)17-8-6-15(7-9-17)24-22(28)21-14-18-19(23)4-3-5-20(18)25-21/h3-9,14,16,25H,10-13H2,1-2H3,(H,24,28). The monoisotopic (exact) mass is 440 g/mol. The molecule has 6 heteroatoms. The Morgan fingerprint density at radius 3 is 2.50 bits per heavy atom. The van der Waals surface area contributed by atoms with E-state index in [0.29, 0.717) is 11.7 Å². The summed E-state index contributed by atoms with van der Waals surface area (Å²) in [6.45, 7) is 2.14. The molecule has 0 radical (unpaired) electrons. The van der Waals surface area contributed by atoms with E-state index in [4.69, 9.17) is 0 Å². The number of amides is 1. The average molecular weight is 441 g/mol. The molecule has 1 fully saturated rings. The molecule has 2 aromatic carbocycles. The molecule has 3 aromatic rings. The van der Waals surface area contributed by atoms with Gasteiger partial charge in [0.05, 0.1) is 0 Å². The minimum absolute atomic E-state index is 0.136. The maximum absolute atomic E-state index is 12.6. The number of benzene rings is 2. The summed E-state index contributed by atoms with van der Waals surface area (Å²) in [6, 6.07) is 16.6. The quantitative estimate of drug-likeness (QED) is 0.617. The van der Waals surface area contributed by atoms with Crippen LogP contribution < -0.4 is 10.2 Å². The summed E-state index contributed by atoms with van der Waals surface area (Å²) in [4.78, 5) is 20.5. The highest BCUT2D eigenvalue weighted by Gasteiger charge is 2.20. The number of fused-ring (bicyclic) bond motifs is 1. The number of aromatic amines is 1. The highest BCUT2D eigenvalue weighted by Crippen LogP contribution is 2.26. The SMILES string of the molecule is CN(C)C1CCN(c2ccc(NC(=O)c3cc4c(Br)cccc4[nH]3)cc2)CC1. The number of aromatic nitrogens is 1. The summed E-state index contributed by atoms with van der Waals surface area (Å²) in [7, 11) is 4.31. The summed E-state index contributed by atoms with van der Waals surface area (Å²) in [5, 5.41) is 3.98. The van der Waals surface area contributed by atoms with Gasteiger partial charge in [0.15, 0.2) is 0 Å². The van der Waals surface area contributed by atoms with Crippen molar-refractivity contribution in [3.8, 4) is 0 Å². The Morgan fingerprint density at radius 2 is 1.86 bits per heavy atom. The molecule has 1 aliphatic rings. The first-order valence-corrected chi connectivity index (χ1v) is 10.4. The topological polar surface area (TPSA) is 51.4 Å². The van der Waals surface area contributed by atoms with Crippen LogP contribution in [0.4, 0.5) is 11.4 Å². The van der Waals surface area contributed by atoms with Crippen LogP contribution in [0.1, 0.15) is 23.3 Å². The second kappa shape index (κ2) is 7.97. The number of halogens is 1. The van der Waals surface area contributed by atoms with E-state index in [2.05, 4.69) is 62.3 Å². The molecule has 28 heavy (non-hydrogen) atoms. The zero-order valence-electron chi connectivity index (χ0n) is 16.2. The molecular weight excluding hydrogens is 416 g/mol. The number of hydrogen-bond donors (Lipinski definition) is 2. The maximum Gasteiger partial charge on any atom is 0.272 e. The maximum atomic E-state index is 12.6. The zero-order chi connectivity index (χ0) is 19.7. The number of hydrogen-bond acceptors (Lipinski definition) is 3. The van der Waals surface area contributed by atoms with E-state index in [0.717, 1.165) is 34.2 Å². The van der Waals surface area contributed by atoms with Crippen LogP contribution >= 0.6 is 15.9 Å². The van der Waals surface area contributed by atoms with Crippen LogP contribution in [0.3, 0.4) is 0 Å². The van der Waals surface area contributed by atoms with E-state index in [-0.39, 0.29) is 5.91 Å². The molecular formula is C22H25BrN4O. The van der Waals surface area contributed by atoms with Crippen molar-refractivity contribution < 1.29 is 4.79 Å². The van der Waals surface area contributed by atoms with Crippen molar-refractivity contribution in [1.29, 1.82) is 0 Å². The van der Waals surface area contributed by atoms with Crippen LogP contribution in [0.2, 0.25) is 0 Å². The molecule has 5 nitrogen and oxygen atoms in total. The predicted molar refractivity (Wildman–Crippen MR) is 119 cm³/mol. The van der Waals surface area contributed by atoms with E-state index in [1.807, 2.05) is 36.4 Å². The average Bonchev–Trinajstić information content (AvgIpc) is 3.15. The number of carbonyl (C=O) groups is 1. The molecule has 1 aromatic heterocycles. The van der Waals surface area contributed by atoms with Gasteiger partial charge in [-0.2, -0.15) is 0 Å². The van der Waals surface area contributed by atoms with Crippen molar-refractivity contribution in [3.05, 3.63) is 58.7 Å². The molecule has 146 valence electrons. The smallest absolute Gasteiger partial charge is 0.272 e. The lowest BCUT2D eigenvalue weighted by molar-refractivity contribution is 0.102. The lowest BCUT2D eigenvalue weighted by Gasteiger charge is -2.36. The number of H-pyrrole nitrogens is 1. The van der Waals surface area contributed by atoms with Crippen molar-refractivity contribution in [3.63, 3.8) is 0 Å². The Labute approximate surface area is 173 Å². The van der Waals surface area contributed by atoms with E-state index >= 15 is 0 Å². The fraction of sp³-hybridized carbons (Fsp3) is 0.318. The van der Waals surface area contributed by atoms with Gasteiger partial charge in [-0.15, -0.1) is 0 Å². The van der Waals surface area contributed by atoms with Crippen LogP contribution in [0, 0.1) is 0 Å². The van der Waals surface area contributed by atoms with Gasteiger partial charge in [0, 0.05) is 45.9 Å². The molecule has 4 rings (SSSR count). The van der Waals surface area contributed by atoms with Gasteiger partial charge in [-0.25, -0.2) is 0 Å². The fourth-order valence-electron chi connectivity index (χ4n) is 3.84. The minimum Gasteiger partial charge on any atom is -0.371 e. The predicted octanol–water partition coefficient (Wildman–Crippen LogP) is 4.71. The molecule has 2 N–H and O–H groups in total. The van der Waals surface area contributed by atoms with Crippen molar-refractivity contribution in [2.24, 2.45) is 0 Å². The summed E-state index contributed by atoms with van der Waals surface area (Å²) in [5.41, 5.74) is 3.51. The molecule has 0 aliphatic carbocycles. The highest BCUT2D eigenvalue weighted by molar-refractivity contribution is 9.10. The molecule has 0 unspecified atom stereocenters. The molecule has 1 amide bonds. The highest BCUT2D eigenvalue weighted by atomic mass is 79.9. The van der Waals surface area contributed by atoms with Gasteiger partial charge in [-0.1, -0.05) is 22.0 Å². The molecule has 0 spiro atoms. The number of rotatable bonds is 4. The fourth-order valence-corrected chi connectivity index (χ4v) is 4.32. The van der Waals surface area contributed by atoms with Crippen molar-refractivity contribution in [2.75, 3.05) is 37.4 Å². The Balaban J connectivity index is 1.41. The van der Waals surface area contributed by atoms with Gasteiger partial charge < -0.3 is 20.1 Å². The van der Waals surface area contributed by atoms with Crippen molar-refractivity contribution in [2.45, 2.75) is 18.9 Å². The normalized spacial score (nSPS) is 15.4. The second-order valence-corrected chi connectivity index (χ2v) is 8.42. The Morgan fingerprint density at radius 1 is 1.14 bits per heavy atom. The lowest BCUT2D eigenvalue weighted by atomic mass is 10.0. The first-order valence-electron chi connectivity index (χ1n) is 9.61. The number of nitrogens with one attached hydrogen (secondary N) is 2. The first kappa shape index (κ1) is 19.0. The Hall–Kier alpha value is -2.31. The van der Waals surface area contributed by atoms with Crippen LogP contribution in [0.5, 0.6) is 0 Å². The van der Waals surface area contributed by atoms with Crippen molar-refractivity contribution in [1.82, 2.24) is 9.88 Å². The van der Waals surface area contributed by atoms with Gasteiger partial charge >= 0.3 is 0 Å². The Kier molecular flexibility index (Phi) is 5.42. The van der Waals surface area contributed by atoms with E-state index in [9.17, 15) is 4.79 Å². The number of anilines is 2. The largest absolute Gasteiger partial charge is 0.371 e. The molecule has 0 bridgehead atoms. The van der Waals surface area contributed by atoms with E-state index < -0.39 is 0 Å². The first-order chi connectivity index (χ1) is 13.5. The molecule has 0 atom stereocenters. The lowest BCUT2D eigenvalue weighted by Crippen LogP contribution is -2.41. The van der Waals surface area contributed by atoms with Gasteiger partial charge in [0.1, 0.15) is 5.69 Å². The number of piperidine rings is 1. The van der Waals surface area contributed by atoms with Crippen LogP contribution in [0.25, 0.3) is 10.9 Å². The zero-order valence-corrected chi connectivity index (χ0v) is 17.8. The molecule has 1 aliphatic heterocycles. The van der Waals surface area contributed by atoms with Crippen LogP contribution in [-0.4, -0.2) is 49.0 Å².